The van der Waals surface area contributed by atoms with Crippen LogP contribution in [0.1, 0.15) is 37.9 Å². The predicted molar refractivity (Wildman–Crippen MR) is 65.0 cm³/mol. The summed E-state index contributed by atoms with van der Waals surface area (Å²) >= 11 is 0. The number of carbonyl (C=O) groups is 1. The fourth-order valence-corrected chi connectivity index (χ4v) is 2.30. The molecule has 0 spiro atoms. The molecule has 0 radical (unpaired) electrons. The number of Topliss-reactive ketones (excluding diaryl/α,β-unsaturated/α-hetero) is 1. The Morgan fingerprint density at radius 3 is 2.94 bits per heavy atom. The highest BCUT2D eigenvalue weighted by Gasteiger charge is 2.28. The van der Waals surface area contributed by atoms with E-state index < -0.39 is 0 Å². The summed E-state index contributed by atoms with van der Waals surface area (Å²) in [6.45, 7) is 3.59. The SMILES string of the molecule is CC1CN(c2ccnc(C3CC3)n2)CCC1=O. The third-order valence-corrected chi connectivity index (χ3v) is 3.60. The first kappa shape index (κ1) is 10.7. The van der Waals surface area contributed by atoms with Gasteiger partial charge in [0, 0.05) is 37.5 Å². The second-order valence-electron chi connectivity index (χ2n) is 5.11. The molecule has 1 aromatic heterocycles. The summed E-state index contributed by atoms with van der Waals surface area (Å²) in [6.07, 6.45) is 4.93. The summed E-state index contributed by atoms with van der Waals surface area (Å²) in [5.74, 6) is 3.05. The van der Waals surface area contributed by atoms with Crippen molar-refractivity contribution in [2.45, 2.75) is 32.1 Å². The van der Waals surface area contributed by atoms with Crippen LogP contribution in [0.3, 0.4) is 0 Å². The highest BCUT2D eigenvalue weighted by Crippen LogP contribution is 2.38. The molecule has 0 bridgehead atoms. The lowest BCUT2D eigenvalue weighted by atomic mass is 9.99. The third kappa shape index (κ3) is 2.16. The Balaban J connectivity index is 1.79. The Morgan fingerprint density at radius 2 is 2.24 bits per heavy atom. The van der Waals surface area contributed by atoms with Crippen LogP contribution in [-0.4, -0.2) is 28.8 Å². The Bertz CT molecular complexity index is 442. The van der Waals surface area contributed by atoms with Crippen molar-refractivity contribution in [1.29, 1.82) is 0 Å². The molecule has 1 unspecified atom stereocenters. The van der Waals surface area contributed by atoms with Crippen molar-refractivity contribution in [3.63, 3.8) is 0 Å². The van der Waals surface area contributed by atoms with E-state index in [1.54, 1.807) is 0 Å². The number of rotatable bonds is 2. The number of hydrogen-bond donors (Lipinski definition) is 0. The second-order valence-corrected chi connectivity index (χ2v) is 5.11. The Labute approximate surface area is 101 Å². The number of anilines is 1. The zero-order valence-electron chi connectivity index (χ0n) is 10.1. The van der Waals surface area contributed by atoms with Gasteiger partial charge in [0.2, 0.25) is 0 Å². The minimum absolute atomic E-state index is 0.128. The molecule has 0 aromatic carbocycles. The zero-order valence-corrected chi connectivity index (χ0v) is 10.1. The third-order valence-electron chi connectivity index (χ3n) is 3.60. The van der Waals surface area contributed by atoms with Crippen molar-refractivity contribution in [3.05, 3.63) is 18.1 Å². The van der Waals surface area contributed by atoms with Crippen molar-refractivity contribution in [2.75, 3.05) is 18.0 Å². The first-order chi connectivity index (χ1) is 8.24. The van der Waals surface area contributed by atoms with Gasteiger partial charge in [0.25, 0.3) is 0 Å². The van der Waals surface area contributed by atoms with Gasteiger partial charge in [0.05, 0.1) is 0 Å². The van der Waals surface area contributed by atoms with Crippen LogP contribution in [0.2, 0.25) is 0 Å². The number of ketones is 1. The molecule has 90 valence electrons. The molecular formula is C13H17N3O. The minimum atomic E-state index is 0.128. The first-order valence-electron chi connectivity index (χ1n) is 6.34. The molecular weight excluding hydrogens is 214 g/mol. The smallest absolute Gasteiger partial charge is 0.139 e. The van der Waals surface area contributed by atoms with Crippen molar-refractivity contribution < 1.29 is 4.79 Å². The van der Waals surface area contributed by atoms with Crippen molar-refractivity contribution >= 4 is 11.6 Å². The molecule has 3 rings (SSSR count). The van der Waals surface area contributed by atoms with Gasteiger partial charge in [-0.05, 0) is 18.9 Å². The maximum Gasteiger partial charge on any atom is 0.139 e. The van der Waals surface area contributed by atoms with Crippen molar-refractivity contribution in [3.8, 4) is 0 Å². The van der Waals surface area contributed by atoms with E-state index in [2.05, 4.69) is 14.9 Å². The van der Waals surface area contributed by atoms with Crippen LogP contribution in [0.25, 0.3) is 0 Å². The molecule has 0 N–H and O–H groups in total. The molecule has 4 heteroatoms. The Morgan fingerprint density at radius 1 is 1.41 bits per heavy atom. The Kier molecular flexibility index (Phi) is 2.57. The maximum absolute atomic E-state index is 11.5. The molecule has 4 nitrogen and oxygen atoms in total. The van der Waals surface area contributed by atoms with Crippen LogP contribution in [-0.2, 0) is 4.79 Å². The van der Waals surface area contributed by atoms with Crippen LogP contribution >= 0.6 is 0 Å². The standard InChI is InChI=1S/C13H17N3O/c1-9-8-16(7-5-11(9)17)12-4-6-14-13(15-12)10-2-3-10/h4,6,9-10H,2-3,5,7-8H2,1H3. The summed E-state index contributed by atoms with van der Waals surface area (Å²) in [5.41, 5.74) is 0. The normalized spacial score (nSPS) is 25.1. The molecule has 1 saturated carbocycles. The summed E-state index contributed by atoms with van der Waals surface area (Å²) in [7, 11) is 0. The van der Waals surface area contributed by atoms with Gasteiger partial charge in [-0.15, -0.1) is 0 Å². The minimum Gasteiger partial charge on any atom is -0.355 e. The zero-order chi connectivity index (χ0) is 11.8. The molecule has 2 heterocycles. The monoisotopic (exact) mass is 231 g/mol. The molecule has 1 atom stereocenters. The van der Waals surface area contributed by atoms with Crippen molar-refractivity contribution in [1.82, 2.24) is 9.97 Å². The highest BCUT2D eigenvalue weighted by molar-refractivity contribution is 5.83. The van der Waals surface area contributed by atoms with Gasteiger partial charge in [-0.2, -0.15) is 0 Å². The Hall–Kier alpha value is -1.45. The van der Waals surface area contributed by atoms with Gasteiger partial charge >= 0.3 is 0 Å². The molecule has 1 saturated heterocycles. The van der Waals surface area contributed by atoms with Gasteiger partial charge < -0.3 is 4.90 Å². The molecule has 2 aliphatic rings. The van der Waals surface area contributed by atoms with Gasteiger partial charge in [-0.25, -0.2) is 9.97 Å². The second kappa shape index (κ2) is 4.09. The molecule has 17 heavy (non-hydrogen) atoms. The average Bonchev–Trinajstić information content (AvgIpc) is 3.17. The van der Waals surface area contributed by atoms with E-state index in [4.69, 9.17) is 0 Å². The van der Waals surface area contributed by atoms with E-state index in [1.807, 2.05) is 19.2 Å². The first-order valence-corrected chi connectivity index (χ1v) is 6.34. The van der Waals surface area contributed by atoms with E-state index >= 15 is 0 Å². The summed E-state index contributed by atoms with van der Waals surface area (Å²) in [4.78, 5) is 22.7. The van der Waals surface area contributed by atoms with Crippen LogP contribution in [0.15, 0.2) is 12.3 Å². The van der Waals surface area contributed by atoms with Gasteiger partial charge in [-0.1, -0.05) is 6.92 Å². The number of aromatic nitrogens is 2. The average molecular weight is 231 g/mol. The lowest BCUT2D eigenvalue weighted by Crippen LogP contribution is -2.40. The molecule has 0 amide bonds. The van der Waals surface area contributed by atoms with Gasteiger partial charge in [-0.3, -0.25) is 4.79 Å². The lowest BCUT2D eigenvalue weighted by Gasteiger charge is -2.31. The number of carbonyl (C=O) groups excluding carboxylic acids is 1. The van der Waals surface area contributed by atoms with E-state index in [1.165, 1.54) is 12.8 Å². The summed E-state index contributed by atoms with van der Waals surface area (Å²) in [5, 5.41) is 0. The van der Waals surface area contributed by atoms with E-state index in [0.717, 1.165) is 24.7 Å². The maximum atomic E-state index is 11.5. The van der Waals surface area contributed by atoms with Crippen LogP contribution in [0.5, 0.6) is 0 Å². The largest absolute Gasteiger partial charge is 0.355 e. The van der Waals surface area contributed by atoms with E-state index in [0.29, 0.717) is 18.1 Å². The molecule has 1 aliphatic heterocycles. The lowest BCUT2D eigenvalue weighted by molar-refractivity contribution is -0.122. The molecule has 1 aromatic rings. The number of piperidine rings is 1. The highest BCUT2D eigenvalue weighted by atomic mass is 16.1. The summed E-state index contributed by atoms with van der Waals surface area (Å²) < 4.78 is 0. The summed E-state index contributed by atoms with van der Waals surface area (Å²) in [6, 6.07) is 1.95. The predicted octanol–water partition coefficient (Wildman–Crippen LogP) is 1.77. The number of hydrogen-bond acceptors (Lipinski definition) is 4. The van der Waals surface area contributed by atoms with Crippen molar-refractivity contribution in [2.24, 2.45) is 5.92 Å². The van der Waals surface area contributed by atoms with E-state index in [-0.39, 0.29) is 5.92 Å². The molecule has 1 aliphatic carbocycles. The van der Waals surface area contributed by atoms with E-state index in [9.17, 15) is 4.79 Å². The quantitative estimate of drug-likeness (QED) is 0.778. The fraction of sp³-hybridized carbons (Fsp3) is 0.615. The number of nitrogens with zero attached hydrogens (tertiary/aromatic N) is 3. The fourth-order valence-electron chi connectivity index (χ4n) is 2.30. The van der Waals surface area contributed by atoms with Gasteiger partial charge in [0.1, 0.15) is 17.4 Å². The topological polar surface area (TPSA) is 46.1 Å². The van der Waals surface area contributed by atoms with Crippen LogP contribution in [0.4, 0.5) is 5.82 Å². The van der Waals surface area contributed by atoms with Gasteiger partial charge in [0.15, 0.2) is 0 Å². The molecule has 2 fully saturated rings. The van der Waals surface area contributed by atoms with Crippen LogP contribution < -0.4 is 4.90 Å². The van der Waals surface area contributed by atoms with Crippen LogP contribution in [0, 0.1) is 5.92 Å².